The van der Waals surface area contributed by atoms with Crippen LogP contribution in [0.4, 0.5) is 8.78 Å². The van der Waals surface area contributed by atoms with Crippen molar-refractivity contribution in [2.24, 2.45) is 4.40 Å². The second-order valence-corrected chi connectivity index (χ2v) is 7.11. The van der Waals surface area contributed by atoms with E-state index in [2.05, 4.69) is 9.38 Å². The van der Waals surface area contributed by atoms with E-state index in [1.165, 1.54) is 12.4 Å². The Morgan fingerprint density at radius 3 is 2.65 bits per heavy atom. The summed E-state index contributed by atoms with van der Waals surface area (Å²) in [5.74, 6) is 0.305. The molecule has 0 aliphatic rings. The maximum Gasteiger partial charge on any atom is 0.272 e. The lowest BCUT2D eigenvalue weighted by molar-refractivity contribution is 0.0814. The number of ether oxygens (including phenoxy) is 1. The minimum atomic E-state index is -2.52. The smallest absolute Gasteiger partial charge is 0.272 e. The Labute approximate surface area is 120 Å². The van der Waals surface area contributed by atoms with Crippen molar-refractivity contribution in [3.05, 3.63) is 23.5 Å². The largest absolute Gasteiger partial charge is 0.591 e. The summed E-state index contributed by atoms with van der Waals surface area (Å²) in [7, 11) is 0. The molecule has 7 heteroatoms. The molecule has 0 radical (unpaired) electrons. The maximum absolute atomic E-state index is 12.1. The fraction of sp³-hybridized carbons (Fsp3) is 0.538. The van der Waals surface area contributed by atoms with E-state index in [4.69, 9.17) is 4.74 Å². The number of hydrogen-bond donors (Lipinski definition) is 0. The van der Waals surface area contributed by atoms with Gasteiger partial charge < -0.3 is 9.29 Å². The number of alkyl halides is 2. The molecule has 4 nitrogen and oxygen atoms in total. The summed E-state index contributed by atoms with van der Waals surface area (Å²) >= 11 is -1.36. The Morgan fingerprint density at radius 1 is 1.50 bits per heavy atom. The van der Waals surface area contributed by atoms with E-state index < -0.39 is 29.1 Å². The van der Waals surface area contributed by atoms with Gasteiger partial charge in [-0.3, -0.25) is 4.98 Å². The molecule has 1 atom stereocenters. The summed E-state index contributed by atoms with van der Waals surface area (Å²) in [4.78, 5) is 4.02. The molecule has 0 amide bonds. The molecule has 0 aromatic carbocycles. The van der Waals surface area contributed by atoms with Gasteiger partial charge in [0, 0.05) is 0 Å². The van der Waals surface area contributed by atoms with Crippen LogP contribution in [0.3, 0.4) is 0 Å². The highest BCUT2D eigenvalue weighted by Gasteiger charge is 2.25. The van der Waals surface area contributed by atoms with Gasteiger partial charge in [0.05, 0.1) is 11.9 Å². The van der Waals surface area contributed by atoms with E-state index in [1.54, 1.807) is 13.0 Å². The predicted octanol–water partition coefficient (Wildman–Crippen LogP) is 2.92. The number of hydrogen-bond acceptors (Lipinski definition) is 4. The molecule has 1 heterocycles. The first-order valence-corrected chi connectivity index (χ1v) is 7.14. The van der Waals surface area contributed by atoms with Gasteiger partial charge >= 0.3 is 0 Å². The van der Waals surface area contributed by atoms with Crippen molar-refractivity contribution in [2.45, 2.75) is 38.9 Å². The van der Waals surface area contributed by atoms with Crippen LogP contribution in [0.25, 0.3) is 0 Å². The summed E-state index contributed by atoms with van der Waals surface area (Å²) in [5.41, 5.74) is 1.17. The minimum Gasteiger partial charge on any atom is -0.591 e. The number of nitrogens with zero attached hydrogens (tertiary/aromatic N) is 2. The molecule has 0 saturated carbocycles. The normalized spacial score (nSPS) is 14.0. The summed E-state index contributed by atoms with van der Waals surface area (Å²) in [6.07, 6.45) is 0.245. The van der Waals surface area contributed by atoms with Crippen molar-refractivity contribution in [3.8, 4) is 5.75 Å². The van der Waals surface area contributed by atoms with Gasteiger partial charge in [0.2, 0.25) is 0 Å². The second-order valence-electron chi connectivity index (χ2n) is 5.17. The first-order valence-electron chi connectivity index (χ1n) is 6.04. The van der Waals surface area contributed by atoms with Crippen molar-refractivity contribution in [1.82, 2.24) is 4.98 Å². The Bertz CT molecular complexity index is 476. The van der Waals surface area contributed by atoms with Crippen molar-refractivity contribution < 1.29 is 18.1 Å². The van der Waals surface area contributed by atoms with E-state index in [0.717, 1.165) is 0 Å². The molecule has 20 heavy (non-hydrogen) atoms. The lowest BCUT2D eigenvalue weighted by atomic mass is 10.2. The molecule has 0 aliphatic carbocycles. The third-order valence-electron chi connectivity index (χ3n) is 2.25. The Balaban J connectivity index is 2.75. The van der Waals surface area contributed by atoms with Crippen LogP contribution in [-0.2, 0) is 11.4 Å². The standard InChI is InChI=1S/C13H18F2N2O2S/c1-9-5-10(6-17-20(18)13(2,3)4)16-7-11(9)19-8-12(14)15/h5-7,12H,8H2,1-4H3/b17-6+. The van der Waals surface area contributed by atoms with E-state index >= 15 is 0 Å². The van der Waals surface area contributed by atoms with Crippen molar-refractivity contribution in [3.63, 3.8) is 0 Å². The molecule has 0 aliphatic heterocycles. The number of pyridine rings is 1. The van der Waals surface area contributed by atoms with Gasteiger partial charge in [-0.2, -0.15) is 0 Å². The topological polar surface area (TPSA) is 57.5 Å². The average Bonchev–Trinajstić information content (AvgIpc) is 2.33. The molecule has 1 unspecified atom stereocenters. The predicted molar refractivity (Wildman–Crippen MR) is 76.0 cm³/mol. The van der Waals surface area contributed by atoms with Gasteiger partial charge in [-0.05, 0) is 39.3 Å². The van der Waals surface area contributed by atoms with Crippen LogP contribution in [0.15, 0.2) is 16.7 Å². The van der Waals surface area contributed by atoms with Crippen molar-refractivity contribution in [1.29, 1.82) is 0 Å². The van der Waals surface area contributed by atoms with Gasteiger partial charge in [-0.1, -0.05) is 4.40 Å². The first kappa shape index (κ1) is 16.8. The third kappa shape index (κ3) is 5.42. The second kappa shape index (κ2) is 6.99. The SMILES string of the molecule is Cc1cc(/C=N/[S+]([O-])C(C)(C)C)ncc1OCC(F)F. The molecular weight excluding hydrogens is 286 g/mol. The Kier molecular flexibility index (Phi) is 5.88. The molecule has 1 aromatic rings. The average molecular weight is 304 g/mol. The Hall–Kier alpha value is -1.21. The maximum atomic E-state index is 12.1. The van der Waals surface area contributed by atoms with Gasteiger partial charge in [0.15, 0.2) is 0 Å². The molecule has 112 valence electrons. The van der Waals surface area contributed by atoms with Crippen LogP contribution in [-0.4, -0.2) is 33.5 Å². The van der Waals surface area contributed by atoms with E-state index in [1.807, 2.05) is 20.8 Å². The first-order chi connectivity index (χ1) is 9.20. The molecule has 0 saturated heterocycles. The summed E-state index contributed by atoms with van der Waals surface area (Å²) < 4.78 is 44.3. The van der Waals surface area contributed by atoms with Gasteiger partial charge in [-0.25, -0.2) is 8.78 Å². The molecular formula is C13H18F2N2O2S. The zero-order chi connectivity index (χ0) is 15.3. The molecule has 0 fully saturated rings. The van der Waals surface area contributed by atoms with Crippen LogP contribution < -0.4 is 4.74 Å². The number of aryl methyl sites for hydroxylation is 1. The Morgan fingerprint density at radius 2 is 2.15 bits per heavy atom. The van der Waals surface area contributed by atoms with Gasteiger partial charge in [-0.15, -0.1) is 0 Å². The number of rotatable bonds is 5. The van der Waals surface area contributed by atoms with Crippen LogP contribution in [0.5, 0.6) is 5.75 Å². The van der Waals surface area contributed by atoms with Crippen LogP contribution in [0.2, 0.25) is 0 Å². The van der Waals surface area contributed by atoms with Crippen LogP contribution in [0.1, 0.15) is 32.0 Å². The van der Waals surface area contributed by atoms with Gasteiger partial charge in [0.25, 0.3) is 6.43 Å². The van der Waals surface area contributed by atoms with E-state index in [9.17, 15) is 13.3 Å². The zero-order valence-corrected chi connectivity index (χ0v) is 12.7. The molecule has 1 aromatic heterocycles. The van der Waals surface area contributed by atoms with Gasteiger partial charge in [0.1, 0.15) is 34.7 Å². The molecule has 0 bridgehead atoms. The quantitative estimate of drug-likeness (QED) is 0.621. The lowest BCUT2D eigenvalue weighted by Crippen LogP contribution is -2.25. The fourth-order valence-electron chi connectivity index (χ4n) is 1.20. The van der Waals surface area contributed by atoms with Crippen LogP contribution >= 0.6 is 0 Å². The van der Waals surface area contributed by atoms with E-state index in [0.29, 0.717) is 17.0 Å². The summed E-state index contributed by atoms with van der Waals surface area (Å²) in [6.45, 7) is 6.52. The molecule has 1 rings (SSSR count). The zero-order valence-electron chi connectivity index (χ0n) is 11.9. The highest BCUT2D eigenvalue weighted by molar-refractivity contribution is 7.91. The van der Waals surface area contributed by atoms with Crippen LogP contribution in [0, 0.1) is 6.92 Å². The number of aromatic nitrogens is 1. The lowest BCUT2D eigenvalue weighted by Gasteiger charge is -2.17. The highest BCUT2D eigenvalue weighted by atomic mass is 32.2. The molecule has 0 spiro atoms. The van der Waals surface area contributed by atoms with E-state index in [-0.39, 0.29) is 0 Å². The third-order valence-corrected chi connectivity index (χ3v) is 3.60. The molecule has 0 N–H and O–H groups in total. The summed E-state index contributed by atoms with van der Waals surface area (Å²) in [5, 5.41) is 0. The number of halogens is 2. The van der Waals surface area contributed by atoms with Crippen molar-refractivity contribution >= 4 is 17.6 Å². The fourth-order valence-corrected chi connectivity index (χ4v) is 1.72. The minimum absolute atomic E-state index is 0.305. The highest BCUT2D eigenvalue weighted by Crippen LogP contribution is 2.19. The summed E-state index contributed by atoms with van der Waals surface area (Å²) in [6, 6.07) is 1.64. The van der Waals surface area contributed by atoms with Crippen molar-refractivity contribution in [2.75, 3.05) is 6.61 Å². The monoisotopic (exact) mass is 304 g/mol.